The van der Waals surface area contributed by atoms with Gasteiger partial charge in [0.25, 0.3) is 0 Å². The van der Waals surface area contributed by atoms with Gasteiger partial charge in [-0.15, -0.1) is 0 Å². The van der Waals surface area contributed by atoms with Gasteiger partial charge in [-0.2, -0.15) is 5.10 Å². The van der Waals surface area contributed by atoms with Crippen LogP contribution >= 0.6 is 0 Å². The van der Waals surface area contributed by atoms with Crippen molar-refractivity contribution in [2.45, 2.75) is 32.6 Å². The predicted octanol–water partition coefficient (Wildman–Crippen LogP) is 4.87. The monoisotopic (exact) mass is 377 g/mol. The van der Waals surface area contributed by atoms with E-state index in [0.717, 1.165) is 66.5 Å². The van der Waals surface area contributed by atoms with Crippen LogP contribution in [0.3, 0.4) is 0 Å². The molecule has 1 aliphatic rings. The third-order valence-electron chi connectivity index (χ3n) is 5.39. The highest BCUT2D eigenvalue weighted by atomic mass is 16.5. The number of methoxy groups -OCH3 is 2. The van der Waals surface area contributed by atoms with Gasteiger partial charge in [0.05, 0.1) is 25.5 Å². The number of hydrogen-bond acceptors (Lipinski definition) is 4. The van der Waals surface area contributed by atoms with Crippen LogP contribution in [0.1, 0.15) is 30.9 Å². The summed E-state index contributed by atoms with van der Waals surface area (Å²) in [6.07, 6.45) is 4.21. The first-order valence-electron chi connectivity index (χ1n) is 9.93. The summed E-state index contributed by atoms with van der Waals surface area (Å²) in [4.78, 5) is 0. The summed E-state index contributed by atoms with van der Waals surface area (Å²) in [5.41, 5.74) is 5.48. The lowest BCUT2D eigenvalue weighted by Crippen LogP contribution is -2.08. The molecule has 0 radical (unpaired) electrons. The molecule has 0 atom stereocenters. The van der Waals surface area contributed by atoms with Crippen molar-refractivity contribution in [3.05, 3.63) is 53.6 Å². The van der Waals surface area contributed by atoms with Crippen molar-refractivity contribution < 1.29 is 9.47 Å². The summed E-state index contributed by atoms with van der Waals surface area (Å²) in [6.45, 7) is 3.13. The predicted molar refractivity (Wildman–Crippen MR) is 113 cm³/mol. The molecule has 0 saturated heterocycles. The zero-order valence-electron chi connectivity index (χ0n) is 16.8. The largest absolute Gasteiger partial charge is 0.496 e. The number of benzene rings is 2. The van der Waals surface area contributed by atoms with Crippen LogP contribution in [0.25, 0.3) is 16.9 Å². The fraction of sp³-hybridized carbons (Fsp3) is 0.348. The molecule has 1 N–H and O–H groups in total. The van der Waals surface area contributed by atoms with Gasteiger partial charge in [0.1, 0.15) is 23.0 Å². The van der Waals surface area contributed by atoms with E-state index in [0.29, 0.717) is 0 Å². The second-order valence-corrected chi connectivity index (χ2v) is 6.99. The number of ether oxygens (including phenoxy) is 2. The highest BCUT2D eigenvalue weighted by Gasteiger charge is 2.26. The Morgan fingerprint density at radius 3 is 2.46 bits per heavy atom. The second kappa shape index (κ2) is 7.97. The summed E-state index contributed by atoms with van der Waals surface area (Å²) in [5.74, 6) is 2.64. The number of nitrogens with zero attached hydrogens (tertiary/aromatic N) is 2. The van der Waals surface area contributed by atoms with Crippen molar-refractivity contribution in [3.8, 4) is 28.4 Å². The van der Waals surface area contributed by atoms with Gasteiger partial charge in [0.15, 0.2) is 0 Å². The molecule has 2 aromatic carbocycles. The zero-order chi connectivity index (χ0) is 19.5. The third kappa shape index (κ3) is 3.11. The van der Waals surface area contributed by atoms with E-state index >= 15 is 0 Å². The molecular weight excluding hydrogens is 350 g/mol. The van der Waals surface area contributed by atoms with Gasteiger partial charge in [-0.25, -0.2) is 4.68 Å². The van der Waals surface area contributed by atoms with Crippen LogP contribution in [0.5, 0.6) is 11.5 Å². The number of aromatic nitrogens is 2. The van der Waals surface area contributed by atoms with Gasteiger partial charge in [0, 0.05) is 12.1 Å². The smallest absolute Gasteiger partial charge is 0.133 e. The van der Waals surface area contributed by atoms with E-state index in [4.69, 9.17) is 14.6 Å². The first kappa shape index (κ1) is 18.4. The number of anilines is 1. The van der Waals surface area contributed by atoms with Gasteiger partial charge in [-0.05, 0) is 49.4 Å². The zero-order valence-corrected chi connectivity index (χ0v) is 16.8. The molecule has 0 fully saturated rings. The fourth-order valence-electron chi connectivity index (χ4n) is 3.98. The molecule has 2 heterocycles. The van der Waals surface area contributed by atoms with E-state index in [1.165, 1.54) is 11.1 Å². The van der Waals surface area contributed by atoms with Crippen molar-refractivity contribution in [2.24, 2.45) is 0 Å². The second-order valence-electron chi connectivity index (χ2n) is 6.99. The normalized spacial score (nSPS) is 13.4. The number of fused-ring (bicyclic) bond motifs is 1. The lowest BCUT2D eigenvalue weighted by atomic mass is 10.0. The molecule has 4 rings (SSSR count). The van der Waals surface area contributed by atoms with Crippen molar-refractivity contribution in [1.29, 1.82) is 0 Å². The average Bonchev–Trinajstić information content (AvgIpc) is 2.92. The van der Waals surface area contributed by atoms with E-state index in [9.17, 15) is 0 Å². The van der Waals surface area contributed by atoms with Crippen molar-refractivity contribution in [2.75, 3.05) is 26.1 Å². The Morgan fingerprint density at radius 1 is 1.00 bits per heavy atom. The van der Waals surface area contributed by atoms with Crippen LogP contribution in [-0.4, -0.2) is 30.5 Å². The first-order chi connectivity index (χ1) is 13.8. The molecule has 1 aliphatic heterocycles. The molecule has 28 heavy (non-hydrogen) atoms. The van der Waals surface area contributed by atoms with E-state index in [1.54, 1.807) is 14.2 Å². The number of aryl methyl sites for hydroxylation is 1. The maximum atomic E-state index is 5.67. The van der Waals surface area contributed by atoms with Gasteiger partial charge in [-0.1, -0.05) is 31.2 Å². The van der Waals surface area contributed by atoms with E-state index in [1.807, 2.05) is 18.2 Å². The maximum Gasteiger partial charge on any atom is 0.133 e. The van der Waals surface area contributed by atoms with E-state index < -0.39 is 0 Å². The molecule has 146 valence electrons. The van der Waals surface area contributed by atoms with Gasteiger partial charge in [-0.3, -0.25) is 0 Å². The molecule has 0 bridgehead atoms. The van der Waals surface area contributed by atoms with Crippen molar-refractivity contribution in [3.63, 3.8) is 0 Å². The molecule has 0 saturated carbocycles. The van der Waals surface area contributed by atoms with Crippen LogP contribution in [0, 0.1) is 0 Å². The molecule has 5 heteroatoms. The lowest BCUT2D eigenvalue weighted by Gasteiger charge is -2.12. The Balaban J connectivity index is 2.00. The summed E-state index contributed by atoms with van der Waals surface area (Å²) in [7, 11) is 3.39. The highest BCUT2D eigenvalue weighted by molar-refractivity contribution is 5.80. The summed E-state index contributed by atoms with van der Waals surface area (Å²) < 4.78 is 13.4. The molecule has 5 nitrogen and oxygen atoms in total. The van der Waals surface area contributed by atoms with Crippen LogP contribution < -0.4 is 14.8 Å². The number of para-hydroxylation sites is 1. The number of rotatable bonds is 5. The van der Waals surface area contributed by atoms with Crippen molar-refractivity contribution >= 4 is 5.82 Å². The quantitative estimate of drug-likeness (QED) is 0.689. The van der Waals surface area contributed by atoms with Crippen molar-refractivity contribution in [1.82, 2.24) is 9.78 Å². The lowest BCUT2D eigenvalue weighted by molar-refractivity contribution is 0.397. The van der Waals surface area contributed by atoms with Crippen LogP contribution in [-0.2, 0) is 12.8 Å². The Kier molecular flexibility index (Phi) is 5.24. The molecule has 0 aliphatic carbocycles. The standard InChI is InChI=1S/C23H27N3O2/c1-4-16-10-5-6-12-18(16)26-23-17(11-7-8-15-24-23)22(25-26)21-19(27-2)13-9-14-20(21)28-3/h5-6,9-10,12-14,24H,4,7-8,11,15H2,1-3H3. The van der Waals surface area contributed by atoms with E-state index in [-0.39, 0.29) is 0 Å². The molecule has 0 unspecified atom stereocenters. The Labute approximate surface area is 166 Å². The topological polar surface area (TPSA) is 48.3 Å². The SMILES string of the molecule is CCc1ccccc1-n1nc(-c2c(OC)cccc2OC)c2c1NCCCC2. The van der Waals surface area contributed by atoms with Crippen LogP contribution in [0.2, 0.25) is 0 Å². The van der Waals surface area contributed by atoms with Crippen LogP contribution in [0.15, 0.2) is 42.5 Å². The van der Waals surface area contributed by atoms with Gasteiger partial charge in [0.2, 0.25) is 0 Å². The Hall–Kier alpha value is -2.95. The molecule has 3 aromatic rings. The summed E-state index contributed by atoms with van der Waals surface area (Å²) in [6, 6.07) is 14.3. The minimum Gasteiger partial charge on any atom is -0.496 e. The number of nitrogens with one attached hydrogen (secondary N) is 1. The average molecular weight is 377 g/mol. The molecular formula is C23H27N3O2. The molecule has 1 aromatic heterocycles. The van der Waals surface area contributed by atoms with Crippen LogP contribution in [0.4, 0.5) is 5.82 Å². The molecule has 0 spiro atoms. The first-order valence-corrected chi connectivity index (χ1v) is 9.93. The van der Waals surface area contributed by atoms with E-state index in [2.05, 4.69) is 41.2 Å². The van der Waals surface area contributed by atoms with Gasteiger partial charge < -0.3 is 14.8 Å². The minimum atomic E-state index is 0.778. The Bertz CT molecular complexity index is 956. The molecule has 0 amide bonds. The van der Waals surface area contributed by atoms with Gasteiger partial charge >= 0.3 is 0 Å². The summed E-state index contributed by atoms with van der Waals surface area (Å²) in [5, 5.41) is 8.72. The Morgan fingerprint density at radius 2 is 1.75 bits per heavy atom. The third-order valence-corrected chi connectivity index (χ3v) is 5.39. The summed E-state index contributed by atoms with van der Waals surface area (Å²) >= 11 is 0. The fourth-order valence-corrected chi connectivity index (χ4v) is 3.98. The highest BCUT2D eigenvalue weighted by Crippen LogP contribution is 2.43. The number of hydrogen-bond donors (Lipinski definition) is 1. The maximum absolute atomic E-state index is 5.67. The minimum absolute atomic E-state index is 0.778.